The van der Waals surface area contributed by atoms with Crippen LogP contribution in [0.4, 0.5) is 5.69 Å². The second kappa shape index (κ2) is 6.41. The van der Waals surface area contributed by atoms with Crippen LogP contribution in [-0.4, -0.2) is 30.1 Å². The van der Waals surface area contributed by atoms with Crippen LogP contribution in [0.2, 0.25) is 0 Å². The first-order valence-corrected chi connectivity index (χ1v) is 6.90. The zero-order chi connectivity index (χ0) is 14.5. The topological polar surface area (TPSA) is 78.4 Å². The van der Waals surface area contributed by atoms with Crippen molar-refractivity contribution in [1.82, 2.24) is 5.32 Å². The van der Waals surface area contributed by atoms with E-state index in [4.69, 9.17) is 5.11 Å². The molecule has 1 amide bonds. The molecule has 2 atom stereocenters. The molecule has 1 aliphatic heterocycles. The van der Waals surface area contributed by atoms with Gasteiger partial charge < -0.3 is 15.7 Å². The Morgan fingerprint density at radius 1 is 1.45 bits per heavy atom. The molecule has 0 bridgehead atoms. The molecular formula is C15H20N2O3. The monoisotopic (exact) mass is 276 g/mol. The first kappa shape index (κ1) is 14.4. The van der Waals surface area contributed by atoms with E-state index in [9.17, 15) is 9.59 Å². The third-order valence-corrected chi connectivity index (χ3v) is 3.63. The first-order chi connectivity index (χ1) is 9.58. The summed E-state index contributed by atoms with van der Waals surface area (Å²) in [5, 5.41) is 14.8. The van der Waals surface area contributed by atoms with Gasteiger partial charge in [-0.05, 0) is 24.0 Å². The molecule has 1 heterocycles. The van der Waals surface area contributed by atoms with Crippen molar-refractivity contribution in [2.45, 2.75) is 25.7 Å². The second-order valence-corrected chi connectivity index (χ2v) is 5.30. The second-order valence-electron chi connectivity index (χ2n) is 5.30. The number of hydrogen-bond acceptors (Lipinski definition) is 3. The molecule has 2 rings (SSSR count). The minimum absolute atomic E-state index is 0.00428. The van der Waals surface area contributed by atoms with Crippen LogP contribution in [0, 0.1) is 5.92 Å². The van der Waals surface area contributed by atoms with Crippen LogP contribution in [0.15, 0.2) is 24.3 Å². The van der Waals surface area contributed by atoms with Gasteiger partial charge in [-0.2, -0.15) is 0 Å². The molecule has 0 spiro atoms. The van der Waals surface area contributed by atoms with Gasteiger partial charge in [0.25, 0.3) is 0 Å². The highest BCUT2D eigenvalue weighted by Gasteiger charge is 2.27. The molecule has 0 fully saturated rings. The zero-order valence-electron chi connectivity index (χ0n) is 11.6. The van der Waals surface area contributed by atoms with Crippen molar-refractivity contribution in [2.75, 3.05) is 18.4 Å². The van der Waals surface area contributed by atoms with Gasteiger partial charge in [0.2, 0.25) is 5.91 Å². The maximum atomic E-state index is 12.2. The van der Waals surface area contributed by atoms with Crippen LogP contribution in [0.5, 0.6) is 0 Å². The minimum Gasteiger partial charge on any atom is -0.481 e. The fraction of sp³-hybridized carbons (Fsp3) is 0.467. The van der Waals surface area contributed by atoms with Gasteiger partial charge in [0.05, 0.1) is 5.92 Å². The van der Waals surface area contributed by atoms with Crippen LogP contribution in [-0.2, 0) is 9.59 Å². The number of amides is 1. The highest BCUT2D eigenvalue weighted by Crippen LogP contribution is 2.30. The van der Waals surface area contributed by atoms with Crippen molar-refractivity contribution < 1.29 is 14.7 Å². The van der Waals surface area contributed by atoms with E-state index < -0.39 is 5.97 Å². The number of carbonyl (C=O) groups excluding carboxylic acids is 1. The Morgan fingerprint density at radius 2 is 2.20 bits per heavy atom. The summed E-state index contributed by atoms with van der Waals surface area (Å²) in [7, 11) is 0. The lowest BCUT2D eigenvalue weighted by Crippen LogP contribution is -2.33. The average Bonchev–Trinajstić information content (AvgIpc) is 2.86. The van der Waals surface area contributed by atoms with E-state index in [0.717, 1.165) is 11.3 Å². The van der Waals surface area contributed by atoms with Gasteiger partial charge in [0.1, 0.15) is 0 Å². The largest absolute Gasteiger partial charge is 0.481 e. The number of hydrogen-bond donors (Lipinski definition) is 3. The summed E-state index contributed by atoms with van der Waals surface area (Å²) in [6, 6.07) is 7.81. The maximum absolute atomic E-state index is 12.2. The third-order valence-electron chi connectivity index (χ3n) is 3.63. The fourth-order valence-electron chi connectivity index (χ4n) is 2.39. The van der Waals surface area contributed by atoms with Crippen LogP contribution in [0.1, 0.15) is 31.2 Å². The number of carbonyl (C=O) groups is 2. The highest BCUT2D eigenvalue weighted by molar-refractivity contribution is 5.88. The number of benzene rings is 1. The Morgan fingerprint density at radius 3 is 2.95 bits per heavy atom. The number of carboxylic acids is 1. The van der Waals surface area contributed by atoms with Gasteiger partial charge in [-0.3, -0.25) is 9.59 Å². The molecule has 3 N–H and O–H groups in total. The molecule has 0 saturated heterocycles. The van der Waals surface area contributed by atoms with E-state index in [1.165, 1.54) is 0 Å². The maximum Gasteiger partial charge on any atom is 0.303 e. The number of para-hydroxylation sites is 1. The van der Waals surface area contributed by atoms with E-state index in [1.54, 1.807) is 0 Å². The standard InChI is InChI=1S/C15H20N2O3/c1-10(6-7-14(18)19)8-17-15(20)12-9-16-13-5-3-2-4-11(12)13/h2-5,10,12,16H,6-9H2,1H3,(H,17,20)(H,18,19). The van der Waals surface area contributed by atoms with Crippen LogP contribution in [0.25, 0.3) is 0 Å². The molecule has 5 heteroatoms. The van der Waals surface area contributed by atoms with Crippen molar-refractivity contribution in [3.63, 3.8) is 0 Å². The molecule has 0 aromatic heterocycles. The molecule has 20 heavy (non-hydrogen) atoms. The Bertz CT molecular complexity index is 502. The molecule has 1 aromatic carbocycles. The van der Waals surface area contributed by atoms with Gasteiger partial charge in [-0.15, -0.1) is 0 Å². The van der Waals surface area contributed by atoms with Crippen molar-refractivity contribution in [1.29, 1.82) is 0 Å². The van der Waals surface area contributed by atoms with Crippen molar-refractivity contribution in [3.8, 4) is 0 Å². The summed E-state index contributed by atoms with van der Waals surface area (Å²) in [6.07, 6.45) is 0.722. The van der Waals surface area contributed by atoms with Crippen LogP contribution < -0.4 is 10.6 Å². The molecule has 0 saturated carbocycles. The fourth-order valence-corrected chi connectivity index (χ4v) is 2.39. The normalized spacial score (nSPS) is 17.9. The molecule has 5 nitrogen and oxygen atoms in total. The Hall–Kier alpha value is -2.04. The SMILES string of the molecule is CC(CCC(=O)O)CNC(=O)C1CNc2ccccc21. The average molecular weight is 276 g/mol. The number of anilines is 1. The molecule has 2 unspecified atom stereocenters. The van der Waals surface area contributed by atoms with Gasteiger partial charge in [-0.1, -0.05) is 25.1 Å². The Labute approximate surface area is 118 Å². The predicted octanol–water partition coefficient (Wildman–Crippen LogP) is 1.81. The molecular weight excluding hydrogens is 256 g/mol. The summed E-state index contributed by atoms with van der Waals surface area (Å²) in [5.41, 5.74) is 2.05. The van der Waals surface area contributed by atoms with Crippen molar-refractivity contribution >= 4 is 17.6 Å². The first-order valence-electron chi connectivity index (χ1n) is 6.90. The lowest BCUT2D eigenvalue weighted by atomic mass is 10.00. The lowest BCUT2D eigenvalue weighted by molar-refractivity contribution is -0.137. The Kier molecular flexibility index (Phi) is 4.61. The quantitative estimate of drug-likeness (QED) is 0.740. The molecule has 1 aliphatic rings. The predicted molar refractivity (Wildman–Crippen MR) is 76.7 cm³/mol. The summed E-state index contributed by atoms with van der Waals surface area (Å²) in [5.74, 6) is -0.778. The number of rotatable bonds is 6. The number of carboxylic acid groups (broad SMARTS) is 1. The van der Waals surface area contributed by atoms with E-state index in [0.29, 0.717) is 19.5 Å². The highest BCUT2D eigenvalue weighted by atomic mass is 16.4. The van der Waals surface area contributed by atoms with Gasteiger partial charge in [-0.25, -0.2) is 0 Å². The Balaban J connectivity index is 1.83. The summed E-state index contributed by atoms with van der Waals surface area (Å²) >= 11 is 0. The van der Waals surface area contributed by atoms with Crippen LogP contribution in [0.3, 0.4) is 0 Å². The molecule has 108 valence electrons. The smallest absolute Gasteiger partial charge is 0.303 e. The third kappa shape index (κ3) is 3.50. The summed E-state index contributed by atoms with van der Waals surface area (Å²) in [4.78, 5) is 22.7. The molecule has 0 radical (unpaired) electrons. The lowest BCUT2D eigenvalue weighted by Gasteiger charge is -2.14. The van der Waals surface area contributed by atoms with E-state index in [2.05, 4.69) is 10.6 Å². The van der Waals surface area contributed by atoms with E-state index >= 15 is 0 Å². The zero-order valence-corrected chi connectivity index (χ0v) is 11.6. The van der Waals surface area contributed by atoms with E-state index in [-0.39, 0.29) is 24.2 Å². The van der Waals surface area contributed by atoms with Crippen molar-refractivity contribution in [3.05, 3.63) is 29.8 Å². The van der Waals surface area contributed by atoms with Gasteiger partial charge >= 0.3 is 5.97 Å². The molecule has 1 aromatic rings. The van der Waals surface area contributed by atoms with Crippen LogP contribution >= 0.6 is 0 Å². The number of nitrogens with one attached hydrogen (secondary N) is 2. The molecule has 0 aliphatic carbocycles. The van der Waals surface area contributed by atoms with Gasteiger partial charge in [0, 0.05) is 25.2 Å². The minimum atomic E-state index is -0.794. The number of fused-ring (bicyclic) bond motifs is 1. The van der Waals surface area contributed by atoms with E-state index in [1.807, 2.05) is 31.2 Å². The number of aliphatic carboxylic acids is 1. The van der Waals surface area contributed by atoms with Crippen molar-refractivity contribution in [2.24, 2.45) is 5.92 Å². The summed E-state index contributed by atoms with van der Waals surface area (Å²) < 4.78 is 0. The summed E-state index contributed by atoms with van der Waals surface area (Å²) in [6.45, 7) is 3.09. The van der Waals surface area contributed by atoms with Gasteiger partial charge in [0.15, 0.2) is 0 Å².